The van der Waals surface area contributed by atoms with E-state index in [0.717, 1.165) is 29.7 Å². The van der Waals surface area contributed by atoms with Crippen molar-refractivity contribution >= 4 is 0 Å². The lowest BCUT2D eigenvalue weighted by molar-refractivity contribution is 0.284. The van der Waals surface area contributed by atoms with Gasteiger partial charge in [0.15, 0.2) is 0 Å². The van der Waals surface area contributed by atoms with Crippen molar-refractivity contribution in [1.29, 1.82) is 0 Å². The van der Waals surface area contributed by atoms with Crippen LogP contribution in [0.3, 0.4) is 0 Å². The normalized spacial score (nSPS) is 15.4. The van der Waals surface area contributed by atoms with Crippen LogP contribution >= 0.6 is 0 Å². The van der Waals surface area contributed by atoms with Gasteiger partial charge in [-0.2, -0.15) is 0 Å². The lowest BCUT2D eigenvalue weighted by atomic mass is 10.1. The first kappa shape index (κ1) is 10.4. The van der Waals surface area contributed by atoms with Crippen molar-refractivity contribution in [3.63, 3.8) is 0 Å². The zero-order valence-corrected chi connectivity index (χ0v) is 9.42. The van der Waals surface area contributed by atoms with Crippen LogP contribution in [0.5, 0.6) is 5.88 Å². The number of nitrogens with two attached hydrogens (primary N) is 1. The van der Waals surface area contributed by atoms with E-state index in [9.17, 15) is 0 Å². The summed E-state index contributed by atoms with van der Waals surface area (Å²) in [6, 6.07) is 2.05. The Hall–Kier alpha value is -1.09. The molecule has 1 aromatic heterocycles. The van der Waals surface area contributed by atoms with Gasteiger partial charge in [-0.05, 0) is 44.2 Å². The van der Waals surface area contributed by atoms with E-state index in [1.165, 1.54) is 18.4 Å². The summed E-state index contributed by atoms with van der Waals surface area (Å²) in [4.78, 5) is 4.40. The zero-order valence-electron chi connectivity index (χ0n) is 9.42. The average molecular weight is 206 g/mol. The second-order valence-corrected chi connectivity index (χ2v) is 4.32. The summed E-state index contributed by atoms with van der Waals surface area (Å²) in [5, 5.41) is 0. The maximum Gasteiger partial charge on any atom is 0.218 e. The molecule has 0 radical (unpaired) electrons. The third-order valence-electron chi connectivity index (χ3n) is 2.79. The highest BCUT2D eigenvalue weighted by Gasteiger charge is 2.22. The molecule has 0 atom stereocenters. The number of aromatic nitrogens is 1. The quantitative estimate of drug-likeness (QED) is 0.819. The van der Waals surface area contributed by atoms with E-state index in [0.29, 0.717) is 6.54 Å². The van der Waals surface area contributed by atoms with Crippen LogP contribution < -0.4 is 10.5 Å². The first-order valence-corrected chi connectivity index (χ1v) is 5.50. The van der Waals surface area contributed by atoms with Gasteiger partial charge in [-0.1, -0.05) is 0 Å². The molecule has 2 N–H and O–H groups in total. The molecule has 1 aromatic rings. The van der Waals surface area contributed by atoms with Crippen LogP contribution in [-0.4, -0.2) is 11.6 Å². The Morgan fingerprint density at radius 2 is 2.20 bits per heavy atom. The molecule has 1 saturated carbocycles. The highest BCUT2D eigenvalue weighted by atomic mass is 16.5. The number of nitrogens with zero attached hydrogens (tertiary/aromatic N) is 1. The lowest BCUT2D eigenvalue weighted by Gasteiger charge is -2.12. The van der Waals surface area contributed by atoms with Crippen LogP contribution in [0.25, 0.3) is 0 Å². The molecule has 0 aliphatic heterocycles. The van der Waals surface area contributed by atoms with E-state index in [-0.39, 0.29) is 0 Å². The Labute approximate surface area is 90.7 Å². The third kappa shape index (κ3) is 2.48. The maximum absolute atomic E-state index is 5.72. The zero-order chi connectivity index (χ0) is 10.8. The Morgan fingerprint density at radius 3 is 2.80 bits per heavy atom. The van der Waals surface area contributed by atoms with E-state index in [1.807, 2.05) is 13.0 Å². The van der Waals surface area contributed by atoms with Gasteiger partial charge in [0.25, 0.3) is 0 Å². The van der Waals surface area contributed by atoms with Crippen molar-refractivity contribution in [1.82, 2.24) is 4.98 Å². The molecule has 0 saturated heterocycles. The molecule has 3 nitrogen and oxygen atoms in total. The molecular weight excluding hydrogens is 188 g/mol. The highest BCUT2D eigenvalue weighted by Crippen LogP contribution is 2.30. The Kier molecular flexibility index (Phi) is 2.91. The smallest absolute Gasteiger partial charge is 0.218 e. The van der Waals surface area contributed by atoms with Gasteiger partial charge in [0.05, 0.1) is 6.61 Å². The van der Waals surface area contributed by atoms with Crippen LogP contribution in [0.2, 0.25) is 0 Å². The minimum Gasteiger partial charge on any atom is -0.477 e. The molecule has 2 rings (SSSR count). The van der Waals surface area contributed by atoms with Gasteiger partial charge in [-0.3, -0.25) is 0 Å². The number of aryl methyl sites for hydroxylation is 2. The summed E-state index contributed by atoms with van der Waals surface area (Å²) in [7, 11) is 0. The standard InChI is InChI=1S/C12H18N2O/c1-8-5-9(2)14-12(11(8)6-13)15-7-10-3-4-10/h5,10H,3-4,6-7,13H2,1-2H3. The summed E-state index contributed by atoms with van der Waals surface area (Å²) in [5.74, 6) is 1.49. The van der Waals surface area contributed by atoms with Gasteiger partial charge in [0, 0.05) is 17.8 Å². The van der Waals surface area contributed by atoms with Crippen molar-refractivity contribution in [2.45, 2.75) is 33.2 Å². The minimum atomic E-state index is 0.499. The van der Waals surface area contributed by atoms with Crippen molar-refractivity contribution in [3.8, 4) is 5.88 Å². The first-order chi connectivity index (χ1) is 7.20. The first-order valence-electron chi connectivity index (χ1n) is 5.50. The van der Waals surface area contributed by atoms with E-state index in [4.69, 9.17) is 10.5 Å². The fraction of sp³-hybridized carbons (Fsp3) is 0.583. The molecule has 0 aromatic carbocycles. The van der Waals surface area contributed by atoms with E-state index in [2.05, 4.69) is 11.9 Å². The molecule has 1 heterocycles. The number of hydrogen-bond acceptors (Lipinski definition) is 3. The number of hydrogen-bond donors (Lipinski definition) is 1. The number of pyridine rings is 1. The molecule has 82 valence electrons. The summed E-state index contributed by atoms with van der Waals surface area (Å²) < 4.78 is 5.72. The van der Waals surface area contributed by atoms with Crippen molar-refractivity contribution in [2.75, 3.05) is 6.61 Å². The van der Waals surface area contributed by atoms with E-state index >= 15 is 0 Å². The molecule has 3 heteroatoms. The van der Waals surface area contributed by atoms with E-state index in [1.54, 1.807) is 0 Å². The van der Waals surface area contributed by atoms with Crippen LogP contribution in [0, 0.1) is 19.8 Å². The molecule has 1 fully saturated rings. The largest absolute Gasteiger partial charge is 0.477 e. The van der Waals surface area contributed by atoms with Crippen molar-refractivity contribution in [3.05, 3.63) is 22.9 Å². The highest BCUT2D eigenvalue weighted by molar-refractivity contribution is 5.35. The van der Waals surface area contributed by atoms with Gasteiger partial charge < -0.3 is 10.5 Å². The molecule has 15 heavy (non-hydrogen) atoms. The Bertz CT molecular complexity index is 359. The predicted molar refractivity (Wildman–Crippen MR) is 59.8 cm³/mol. The van der Waals surface area contributed by atoms with Gasteiger partial charge in [-0.25, -0.2) is 4.98 Å². The average Bonchev–Trinajstić information content (AvgIpc) is 2.97. The summed E-state index contributed by atoms with van der Waals surface area (Å²) >= 11 is 0. The monoisotopic (exact) mass is 206 g/mol. The SMILES string of the molecule is Cc1cc(C)c(CN)c(OCC2CC2)n1. The maximum atomic E-state index is 5.72. The molecule has 0 unspecified atom stereocenters. The Morgan fingerprint density at radius 1 is 1.47 bits per heavy atom. The lowest BCUT2D eigenvalue weighted by Crippen LogP contribution is -2.09. The molecule has 0 spiro atoms. The number of rotatable bonds is 4. The van der Waals surface area contributed by atoms with Gasteiger partial charge in [0.2, 0.25) is 5.88 Å². The predicted octanol–water partition coefficient (Wildman–Crippen LogP) is 1.95. The molecular formula is C12H18N2O. The summed E-state index contributed by atoms with van der Waals surface area (Å²) in [6.45, 7) is 5.33. The van der Waals surface area contributed by atoms with Gasteiger partial charge >= 0.3 is 0 Å². The van der Waals surface area contributed by atoms with Crippen molar-refractivity contribution in [2.24, 2.45) is 11.7 Å². The van der Waals surface area contributed by atoms with Gasteiger partial charge in [0.1, 0.15) is 0 Å². The minimum absolute atomic E-state index is 0.499. The van der Waals surface area contributed by atoms with Crippen LogP contribution in [0.1, 0.15) is 29.7 Å². The number of ether oxygens (including phenoxy) is 1. The third-order valence-corrected chi connectivity index (χ3v) is 2.79. The van der Waals surface area contributed by atoms with Crippen LogP contribution in [0.4, 0.5) is 0 Å². The summed E-state index contributed by atoms with van der Waals surface area (Å²) in [5.41, 5.74) is 8.92. The second-order valence-electron chi connectivity index (χ2n) is 4.32. The molecule has 1 aliphatic rings. The van der Waals surface area contributed by atoms with Crippen LogP contribution in [0.15, 0.2) is 6.07 Å². The van der Waals surface area contributed by atoms with Crippen LogP contribution in [-0.2, 0) is 6.54 Å². The second kappa shape index (κ2) is 4.19. The molecule has 0 amide bonds. The fourth-order valence-electron chi connectivity index (χ4n) is 1.68. The molecule has 1 aliphatic carbocycles. The van der Waals surface area contributed by atoms with E-state index < -0.39 is 0 Å². The fourth-order valence-corrected chi connectivity index (χ4v) is 1.68. The Balaban J connectivity index is 2.17. The topological polar surface area (TPSA) is 48.1 Å². The van der Waals surface area contributed by atoms with Crippen molar-refractivity contribution < 1.29 is 4.74 Å². The van der Waals surface area contributed by atoms with Gasteiger partial charge in [-0.15, -0.1) is 0 Å². The summed E-state index contributed by atoms with van der Waals surface area (Å²) in [6.07, 6.45) is 2.59. The molecule has 0 bridgehead atoms.